The number of hydrogen-bond donors (Lipinski definition) is 1. The van der Waals surface area contributed by atoms with Gasteiger partial charge in [0.05, 0.1) is 4.47 Å². The van der Waals surface area contributed by atoms with Crippen LogP contribution in [0, 0.1) is 6.92 Å². The summed E-state index contributed by atoms with van der Waals surface area (Å²) < 4.78 is 6.64. The van der Waals surface area contributed by atoms with Crippen LogP contribution in [-0.2, 0) is 4.79 Å². The number of aryl methyl sites for hydroxylation is 1. The molecule has 0 unspecified atom stereocenters. The predicted molar refractivity (Wildman–Crippen MR) is 82.8 cm³/mol. The molecule has 2 N–H and O–H groups in total. The van der Waals surface area contributed by atoms with Gasteiger partial charge >= 0.3 is 0 Å². The number of piperidine rings is 1. The van der Waals surface area contributed by atoms with Crippen LogP contribution >= 0.6 is 15.9 Å². The van der Waals surface area contributed by atoms with E-state index in [1.54, 1.807) is 11.8 Å². The summed E-state index contributed by atoms with van der Waals surface area (Å²) in [6.45, 7) is 5.20. The summed E-state index contributed by atoms with van der Waals surface area (Å²) >= 11 is 3.46. The highest BCUT2D eigenvalue weighted by Gasteiger charge is 2.26. The Labute approximate surface area is 128 Å². The highest BCUT2D eigenvalue weighted by atomic mass is 79.9. The van der Waals surface area contributed by atoms with Gasteiger partial charge in [0.1, 0.15) is 5.75 Å². The molecule has 0 radical (unpaired) electrons. The minimum absolute atomic E-state index is 0.00706. The molecule has 1 aromatic rings. The van der Waals surface area contributed by atoms with Gasteiger partial charge in [-0.2, -0.15) is 0 Å². The molecule has 5 heteroatoms. The van der Waals surface area contributed by atoms with Gasteiger partial charge in [-0.1, -0.05) is 6.07 Å². The molecule has 1 fully saturated rings. The lowest BCUT2D eigenvalue weighted by Gasteiger charge is -2.32. The highest BCUT2D eigenvalue weighted by molar-refractivity contribution is 9.10. The second-order valence-electron chi connectivity index (χ2n) is 5.38. The van der Waals surface area contributed by atoms with Crippen LogP contribution in [0.1, 0.15) is 25.3 Å². The topological polar surface area (TPSA) is 55.6 Å². The van der Waals surface area contributed by atoms with Gasteiger partial charge in [-0.3, -0.25) is 4.79 Å². The number of rotatable bonds is 3. The second-order valence-corrected chi connectivity index (χ2v) is 6.23. The zero-order chi connectivity index (χ0) is 14.7. The number of amides is 1. The molecule has 4 nitrogen and oxygen atoms in total. The van der Waals surface area contributed by atoms with Crippen molar-refractivity contribution in [3.05, 3.63) is 28.2 Å². The van der Waals surface area contributed by atoms with Gasteiger partial charge in [-0.25, -0.2) is 0 Å². The van der Waals surface area contributed by atoms with Crippen molar-refractivity contribution >= 4 is 21.8 Å². The first-order chi connectivity index (χ1) is 9.47. The molecular formula is C15H21BrN2O2. The molecule has 20 heavy (non-hydrogen) atoms. The Morgan fingerprint density at radius 2 is 2.30 bits per heavy atom. The summed E-state index contributed by atoms with van der Waals surface area (Å²) in [7, 11) is 0. The summed E-state index contributed by atoms with van der Waals surface area (Å²) in [5.74, 6) is 0.699. The van der Waals surface area contributed by atoms with Crippen molar-refractivity contribution in [2.75, 3.05) is 13.1 Å². The molecule has 0 saturated carbocycles. The minimum atomic E-state index is -0.501. The van der Waals surface area contributed by atoms with Crippen LogP contribution in [0.15, 0.2) is 22.7 Å². The average Bonchev–Trinajstić information content (AvgIpc) is 2.41. The maximum Gasteiger partial charge on any atom is 0.263 e. The SMILES string of the molecule is Cc1ccc(O[C@H](C)C(=O)N2CCC[C@H](N)C2)c(Br)c1. The third-order valence-electron chi connectivity index (χ3n) is 3.51. The molecule has 110 valence electrons. The van der Waals surface area contributed by atoms with E-state index in [2.05, 4.69) is 15.9 Å². The van der Waals surface area contributed by atoms with Gasteiger partial charge in [-0.15, -0.1) is 0 Å². The highest BCUT2D eigenvalue weighted by Crippen LogP contribution is 2.27. The first-order valence-electron chi connectivity index (χ1n) is 6.94. The van der Waals surface area contributed by atoms with E-state index in [-0.39, 0.29) is 11.9 Å². The largest absolute Gasteiger partial charge is 0.480 e. The van der Waals surface area contributed by atoms with Crippen molar-refractivity contribution in [1.29, 1.82) is 0 Å². The molecule has 2 atom stereocenters. The third kappa shape index (κ3) is 3.73. The molecule has 1 aliphatic rings. The van der Waals surface area contributed by atoms with Gasteiger partial charge < -0.3 is 15.4 Å². The number of halogens is 1. The van der Waals surface area contributed by atoms with E-state index in [0.29, 0.717) is 12.3 Å². The van der Waals surface area contributed by atoms with E-state index >= 15 is 0 Å². The number of benzene rings is 1. The Morgan fingerprint density at radius 1 is 1.55 bits per heavy atom. The second kappa shape index (κ2) is 6.59. The number of nitrogens with two attached hydrogens (primary N) is 1. The van der Waals surface area contributed by atoms with E-state index in [4.69, 9.17) is 10.5 Å². The fourth-order valence-corrected chi connectivity index (χ4v) is 3.00. The number of likely N-dealkylation sites (tertiary alicyclic amines) is 1. The van der Waals surface area contributed by atoms with Crippen molar-refractivity contribution < 1.29 is 9.53 Å². The van der Waals surface area contributed by atoms with Crippen LogP contribution in [0.2, 0.25) is 0 Å². The van der Waals surface area contributed by atoms with E-state index < -0.39 is 6.10 Å². The molecule has 1 saturated heterocycles. The fraction of sp³-hybridized carbons (Fsp3) is 0.533. The molecule has 0 aromatic heterocycles. The lowest BCUT2D eigenvalue weighted by Crippen LogP contribution is -2.49. The van der Waals surface area contributed by atoms with Crippen LogP contribution in [0.3, 0.4) is 0 Å². The smallest absolute Gasteiger partial charge is 0.263 e. The van der Waals surface area contributed by atoms with Gasteiger partial charge in [0.25, 0.3) is 5.91 Å². The fourth-order valence-electron chi connectivity index (χ4n) is 2.41. The molecule has 1 aliphatic heterocycles. The van der Waals surface area contributed by atoms with E-state index in [1.807, 2.05) is 25.1 Å². The Bertz CT molecular complexity index is 493. The van der Waals surface area contributed by atoms with Gasteiger partial charge in [0, 0.05) is 19.1 Å². The monoisotopic (exact) mass is 340 g/mol. The lowest BCUT2D eigenvalue weighted by molar-refractivity contribution is -0.139. The molecule has 1 aromatic carbocycles. The summed E-state index contributed by atoms with van der Waals surface area (Å²) in [6.07, 6.45) is 1.45. The van der Waals surface area contributed by atoms with Crippen molar-refractivity contribution in [3.8, 4) is 5.75 Å². The zero-order valence-electron chi connectivity index (χ0n) is 11.9. The Hall–Kier alpha value is -1.07. The molecule has 1 heterocycles. The Balaban J connectivity index is 2.00. The van der Waals surface area contributed by atoms with Crippen molar-refractivity contribution in [3.63, 3.8) is 0 Å². The third-order valence-corrected chi connectivity index (χ3v) is 4.13. The molecule has 0 bridgehead atoms. The van der Waals surface area contributed by atoms with E-state index in [0.717, 1.165) is 29.4 Å². The first-order valence-corrected chi connectivity index (χ1v) is 7.74. The number of nitrogens with zero attached hydrogens (tertiary/aromatic N) is 1. The molecular weight excluding hydrogens is 320 g/mol. The van der Waals surface area contributed by atoms with Crippen LogP contribution in [0.25, 0.3) is 0 Å². The molecule has 1 amide bonds. The maximum atomic E-state index is 12.4. The molecule has 2 rings (SSSR count). The molecule has 0 spiro atoms. The van der Waals surface area contributed by atoms with Crippen LogP contribution in [0.4, 0.5) is 0 Å². The van der Waals surface area contributed by atoms with Crippen molar-refractivity contribution in [2.24, 2.45) is 5.73 Å². The van der Waals surface area contributed by atoms with Crippen LogP contribution < -0.4 is 10.5 Å². The van der Waals surface area contributed by atoms with Gasteiger partial charge in [-0.05, 0) is 60.3 Å². The number of carbonyl (C=O) groups is 1. The summed E-state index contributed by atoms with van der Waals surface area (Å²) in [5.41, 5.74) is 7.06. The van der Waals surface area contributed by atoms with E-state index in [9.17, 15) is 4.79 Å². The first kappa shape index (κ1) is 15.3. The maximum absolute atomic E-state index is 12.4. The summed E-state index contributed by atoms with van der Waals surface area (Å²) in [6, 6.07) is 5.91. The van der Waals surface area contributed by atoms with E-state index in [1.165, 1.54) is 0 Å². The number of hydrogen-bond acceptors (Lipinski definition) is 3. The average molecular weight is 341 g/mol. The summed E-state index contributed by atoms with van der Waals surface area (Å²) in [4.78, 5) is 14.2. The predicted octanol–water partition coefficient (Wildman–Crippen LogP) is 2.47. The van der Waals surface area contributed by atoms with Crippen LogP contribution in [0.5, 0.6) is 5.75 Å². The molecule has 0 aliphatic carbocycles. The van der Waals surface area contributed by atoms with Crippen molar-refractivity contribution in [1.82, 2.24) is 4.90 Å². The zero-order valence-corrected chi connectivity index (χ0v) is 13.5. The van der Waals surface area contributed by atoms with Crippen LogP contribution in [-0.4, -0.2) is 36.0 Å². The van der Waals surface area contributed by atoms with Gasteiger partial charge in [0.2, 0.25) is 0 Å². The Morgan fingerprint density at radius 3 is 2.95 bits per heavy atom. The summed E-state index contributed by atoms with van der Waals surface area (Å²) in [5, 5.41) is 0. The number of ether oxygens (including phenoxy) is 1. The standard InChI is InChI=1S/C15H21BrN2O2/c1-10-5-6-14(13(16)8-10)20-11(2)15(19)18-7-3-4-12(17)9-18/h5-6,8,11-12H,3-4,7,9,17H2,1-2H3/t11-,12+/m1/s1. The van der Waals surface area contributed by atoms with Gasteiger partial charge in [0.15, 0.2) is 6.10 Å². The normalized spacial score (nSPS) is 20.6. The lowest BCUT2D eigenvalue weighted by atomic mass is 10.1. The van der Waals surface area contributed by atoms with Crippen molar-refractivity contribution in [2.45, 2.75) is 38.8 Å². The number of carbonyl (C=O) groups excluding carboxylic acids is 1. The Kier molecular flexibility index (Phi) is 5.05. The quantitative estimate of drug-likeness (QED) is 0.919. The minimum Gasteiger partial charge on any atom is -0.480 e.